The van der Waals surface area contributed by atoms with Crippen molar-refractivity contribution in [1.29, 1.82) is 0 Å². The first-order valence-electron chi connectivity index (χ1n) is 12.7. The fraction of sp³-hybridized carbons (Fsp3) is 0.917. The Hall–Kier alpha value is -0.610. The molecule has 32 heavy (non-hydrogen) atoms. The predicted octanol–water partition coefficient (Wildman–Crippen LogP) is 2.76. The largest absolute Gasteiger partial charge is 0.357 e. The highest BCUT2D eigenvalue weighted by atomic mass is 127. The van der Waals surface area contributed by atoms with E-state index in [1.165, 1.54) is 58.3 Å². The SMILES string of the molecule is CCNC(=NCC1(N2CCCCC2)CCN(C)CC1)NC1CCN(C(=O)C(C)C)CC1.I. The summed E-state index contributed by atoms with van der Waals surface area (Å²) in [7, 11) is 2.24. The number of halogens is 1. The molecule has 0 aromatic carbocycles. The zero-order valence-electron chi connectivity index (χ0n) is 20.9. The molecule has 0 radical (unpaired) electrons. The fourth-order valence-corrected chi connectivity index (χ4v) is 5.33. The highest BCUT2D eigenvalue weighted by molar-refractivity contribution is 14.0. The summed E-state index contributed by atoms with van der Waals surface area (Å²) >= 11 is 0. The van der Waals surface area contributed by atoms with Gasteiger partial charge in [0.05, 0.1) is 6.54 Å². The van der Waals surface area contributed by atoms with Gasteiger partial charge < -0.3 is 20.4 Å². The molecule has 186 valence electrons. The van der Waals surface area contributed by atoms with Crippen molar-refractivity contribution in [2.24, 2.45) is 10.9 Å². The maximum Gasteiger partial charge on any atom is 0.225 e. The maximum atomic E-state index is 12.3. The predicted molar refractivity (Wildman–Crippen MR) is 144 cm³/mol. The minimum Gasteiger partial charge on any atom is -0.357 e. The van der Waals surface area contributed by atoms with Crippen molar-refractivity contribution in [3.05, 3.63) is 0 Å². The standard InChI is InChI=1S/C24H46N6O.HI/c1-5-25-23(27-21-9-15-29(16-10-21)22(31)20(2)3)26-19-24(11-17-28(4)18-12-24)30-13-7-6-8-14-30;/h20-21H,5-19H2,1-4H3,(H2,25,26,27);1H. The van der Waals surface area contributed by atoms with Gasteiger partial charge in [0.1, 0.15) is 0 Å². The second-order valence-corrected chi connectivity index (χ2v) is 10.2. The van der Waals surface area contributed by atoms with Crippen LogP contribution in [-0.2, 0) is 4.79 Å². The summed E-state index contributed by atoms with van der Waals surface area (Å²) in [6.07, 6.45) is 8.43. The van der Waals surface area contributed by atoms with Gasteiger partial charge in [-0.15, -0.1) is 24.0 Å². The Morgan fingerprint density at radius 1 is 1.03 bits per heavy atom. The van der Waals surface area contributed by atoms with Crippen LogP contribution in [0.4, 0.5) is 0 Å². The molecule has 0 aliphatic carbocycles. The lowest BCUT2D eigenvalue weighted by Crippen LogP contribution is -2.58. The molecular formula is C24H47IN6O. The minimum atomic E-state index is 0. The number of piperidine rings is 3. The van der Waals surface area contributed by atoms with E-state index in [1.54, 1.807) is 0 Å². The molecule has 0 aromatic rings. The van der Waals surface area contributed by atoms with Gasteiger partial charge in [-0.05, 0) is 78.7 Å². The van der Waals surface area contributed by atoms with Gasteiger partial charge in [-0.2, -0.15) is 0 Å². The van der Waals surface area contributed by atoms with Crippen LogP contribution in [0.5, 0.6) is 0 Å². The molecule has 3 saturated heterocycles. The Balaban J connectivity index is 0.00000363. The molecule has 0 spiro atoms. The van der Waals surface area contributed by atoms with E-state index in [1.807, 2.05) is 18.7 Å². The smallest absolute Gasteiger partial charge is 0.225 e. The monoisotopic (exact) mass is 562 g/mol. The summed E-state index contributed by atoms with van der Waals surface area (Å²) in [6, 6.07) is 0.387. The van der Waals surface area contributed by atoms with Crippen molar-refractivity contribution >= 4 is 35.8 Å². The van der Waals surface area contributed by atoms with Crippen molar-refractivity contribution in [1.82, 2.24) is 25.3 Å². The number of guanidine groups is 1. The van der Waals surface area contributed by atoms with Gasteiger partial charge in [-0.25, -0.2) is 0 Å². The van der Waals surface area contributed by atoms with Crippen molar-refractivity contribution in [3.8, 4) is 0 Å². The molecule has 0 bridgehead atoms. The van der Waals surface area contributed by atoms with Crippen LogP contribution in [0.15, 0.2) is 4.99 Å². The van der Waals surface area contributed by atoms with Crippen LogP contribution in [-0.4, -0.2) is 97.6 Å². The van der Waals surface area contributed by atoms with E-state index in [2.05, 4.69) is 34.4 Å². The third kappa shape index (κ3) is 7.45. The number of nitrogens with one attached hydrogen (secondary N) is 2. The van der Waals surface area contributed by atoms with E-state index < -0.39 is 0 Å². The third-order valence-corrected chi connectivity index (χ3v) is 7.46. The zero-order valence-corrected chi connectivity index (χ0v) is 23.2. The van der Waals surface area contributed by atoms with E-state index in [4.69, 9.17) is 4.99 Å². The number of aliphatic imine (C=N–C) groups is 1. The number of amides is 1. The molecule has 8 heteroatoms. The van der Waals surface area contributed by atoms with Gasteiger partial charge in [-0.3, -0.25) is 14.7 Å². The second kappa shape index (κ2) is 13.3. The molecule has 7 nitrogen and oxygen atoms in total. The molecule has 3 rings (SSSR count). The third-order valence-electron chi connectivity index (χ3n) is 7.46. The summed E-state index contributed by atoms with van der Waals surface area (Å²) in [4.78, 5) is 24.7. The van der Waals surface area contributed by atoms with Crippen LogP contribution in [0.2, 0.25) is 0 Å². The summed E-state index contributed by atoms with van der Waals surface area (Å²) in [5, 5.41) is 7.17. The van der Waals surface area contributed by atoms with E-state index in [0.717, 1.165) is 45.0 Å². The van der Waals surface area contributed by atoms with Crippen LogP contribution in [0.25, 0.3) is 0 Å². The number of carbonyl (C=O) groups is 1. The van der Waals surface area contributed by atoms with Crippen molar-refractivity contribution in [2.45, 2.75) is 77.3 Å². The van der Waals surface area contributed by atoms with Crippen molar-refractivity contribution in [3.63, 3.8) is 0 Å². The molecule has 0 atom stereocenters. The zero-order chi connectivity index (χ0) is 22.3. The normalized spacial score (nSPS) is 23.7. The first-order valence-corrected chi connectivity index (χ1v) is 12.7. The van der Waals surface area contributed by atoms with Crippen molar-refractivity contribution in [2.75, 3.05) is 59.4 Å². The molecule has 3 aliphatic rings. The first kappa shape index (κ1) is 27.6. The van der Waals surface area contributed by atoms with E-state index in [9.17, 15) is 4.79 Å². The summed E-state index contributed by atoms with van der Waals surface area (Å²) in [5.41, 5.74) is 0.211. The molecule has 0 unspecified atom stereocenters. The second-order valence-electron chi connectivity index (χ2n) is 10.2. The minimum absolute atomic E-state index is 0. The average molecular weight is 563 g/mol. The van der Waals surface area contributed by atoms with E-state index in [0.29, 0.717) is 6.04 Å². The molecule has 2 N–H and O–H groups in total. The van der Waals surface area contributed by atoms with Gasteiger partial charge in [0.15, 0.2) is 5.96 Å². The van der Waals surface area contributed by atoms with Gasteiger partial charge >= 0.3 is 0 Å². The molecule has 0 aromatic heterocycles. The van der Waals surface area contributed by atoms with E-state index >= 15 is 0 Å². The molecule has 1 amide bonds. The maximum absolute atomic E-state index is 12.3. The number of carbonyl (C=O) groups excluding carboxylic acids is 1. The summed E-state index contributed by atoms with van der Waals surface area (Å²) in [6.45, 7) is 14.3. The number of rotatable bonds is 6. The highest BCUT2D eigenvalue weighted by Gasteiger charge is 2.39. The number of nitrogens with zero attached hydrogens (tertiary/aromatic N) is 4. The topological polar surface area (TPSA) is 63.2 Å². The first-order chi connectivity index (χ1) is 14.9. The summed E-state index contributed by atoms with van der Waals surface area (Å²) in [5.74, 6) is 1.32. The molecule has 3 fully saturated rings. The van der Waals surface area contributed by atoms with Gasteiger partial charge in [0, 0.05) is 37.1 Å². The average Bonchev–Trinajstić information content (AvgIpc) is 2.79. The lowest BCUT2D eigenvalue weighted by molar-refractivity contribution is -0.135. The Morgan fingerprint density at radius 2 is 1.66 bits per heavy atom. The molecule has 3 aliphatic heterocycles. The highest BCUT2D eigenvalue weighted by Crippen LogP contribution is 2.31. The lowest BCUT2D eigenvalue weighted by atomic mass is 9.84. The molecule has 3 heterocycles. The Kier molecular flexibility index (Phi) is 11.5. The van der Waals surface area contributed by atoms with Crippen LogP contribution >= 0.6 is 24.0 Å². The van der Waals surface area contributed by atoms with Crippen LogP contribution in [0, 0.1) is 5.92 Å². The van der Waals surface area contributed by atoms with E-state index in [-0.39, 0.29) is 41.3 Å². The van der Waals surface area contributed by atoms with Crippen LogP contribution < -0.4 is 10.6 Å². The van der Waals surface area contributed by atoms with Gasteiger partial charge in [0.25, 0.3) is 0 Å². The van der Waals surface area contributed by atoms with Gasteiger partial charge in [0.2, 0.25) is 5.91 Å². The fourth-order valence-electron chi connectivity index (χ4n) is 5.33. The number of hydrogen-bond acceptors (Lipinski definition) is 4. The number of likely N-dealkylation sites (tertiary alicyclic amines) is 3. The number of hydrogen-bond donors (Lipinski definition) is 2. The van der Waals surface area contributed by atoms with Crippen molar-refractivity contribution < 1.29 is 4.79 Å². The van der Waals surface area contributed by atoms with Crippen LogP contribution in [0.3, 0.4) is 0 Å². The molecule has 0 saturated carbocycles. The molecular weight excluding hydrogens is 515 g/mol. The summed E-state index contributed by atoms with van der Waals surface area (Å²) < 4.78 is 0. The Morgan fingerprint density at radius 3 is 2.22 bits per heavy atom. The Bertz CT molecular complexity index is 591. The quantitative estimate of drug-likeness (QED) is 0.296. The van der Waals surface area contributed by atoms with Crippen LogP contribution in [0.1, 0.15) is 65.7 Å². The lowest BCUT2D eigenvalue weighted by Gasteiger charge is -2.49. The Labute approximate surface area is 213 Å². The van der Waals surface area contributed by atoms with Gasteiger partial charge in [-0.1, -0.05) is 20.3 Å².